The molecular weight excluding hydrogens is 300 g/mol. The molecule has 2 aromatic heterocycles. The Bertz CT molecular complexity index is 769. The van der Waals surface area contributed by atoms with Crippen LogP contribution >= 0.6 is 11.6 Å². The van der Waals surface area contributed by atoms with Crippen LogP contribution in [0.4, 0.5) is 16.2 Å². The second-order valence-electron chi connectivity index (χ2n) is 4.56. The number of pyridine rings is 1. The van der Waals surface area contributed by atoms with E-state index in [-0.39, 0.29) is 11.2 Å². The van der Waals surface area contributed by atoms with E-state index in [9.17, 15) is 4.79 Å². The maximum Gasteiger partial charge on any atom is 0.323 e. The molecule has 6 heteroatoms. The summed E-state index contributed by atoms with van der Waals surface area (Å²) in [6, 6.07) is 14.4. The van der Waals surface area contributed by atoms with Gasteiger partial charge in [-0.25, -0.2) is 9.78 Å². The van der Waals surface area contributed by atoms with E-state index in [2.05, 4.69) is 15.6 Å². The zero-order valence-electron chi connectivity index (χ0n) is 11.5. The molecule has 5 nitrogen and oxygen atoms in total. The number of amides is 2. The van der Waals surface area contributed by atoms with Crippen LogP contribution in [0.5, 0.6) is 0 Å². The number of nitrogens with one attached hydrogen (secondary N) is 2. The molecule has 0 bridgehead atoms. The first kappa shape index (κ1) is 14.2. The zero-order valence-corrected chi connectivity index (χ0v) is 12.3. The molecule has 110 valence electrons. The predicted octanol–water partition coefficient (Wildman–Crippen LogP) is 4.17. The molecular formula is C16H13ClN4O. The van der Waals surface area contributed by atoms with Crippen LogP contribution in [-0.2, 0) is 0 Å². The minimum absolute atomic E-state index is 0.251. The van der Waals surface area contributed by atoms with E-state index in [4.69, 9.17) is 11.6 Å². The van der Waals surface area contributed by atoms with E-state index >= 15 is 0 Å². The number of nitrogens with zero attached hydrogens (tertiary/aromatic N) is 2. The molecule has 0 fully saturated rings. The highest BCUT2D eigenvalue weighted by Gasteiger charge is 2.06. The number of halogens is 1. The van der Waals surface area contributed by atoms with Gasteiger partial charge in [-0.05, 0) is 48.5 Å². The van der Waals surface area contributed by atoms with Crippen LogP contribution in [0.1, 0.15) is 0 Å². The largest absolute Gasteiger partial charge is 0.324 e. The molecule has 0 saturated heterocycles. The molecule has 0 aliphatic rings. The zero-order chi connectivity index (χ0) is 15.4. The van der Waals surface area contributed by atoms with Crippen molar-refractivity contribution in [3.63, 3.8) is 0 Å². The molecule has 0 atom stereocenters. The van der Waals surface area contributed by atoms with Crippen LogP contribution in [0.25, 0.3) is 5.69 Å². The Morgan fingerprint density at radius 1 is 1.00 bits per heavy atom. The molecule has 22 heavy (non-hydrogen) atoms. The summed E-state index contributed by atoms with van der Waals surface area (Å²) in [5, 5.41) is 5.65. The van der Waals surface area contributed by atoms with E-state index in [1.807, 2.05) is 53.4 Å². The number of hydrogen-bond acceptors (Lipinski definition) is 2. The fourth-order valence-electron chi connectivity index (χ4n) is 1.99. The summed E-state index contributed by atoms with van der Waals surface area (Å²) in [6.45, 7) is 0. The van der Waals surface area contributed by atoms with E-state index in [1.165, 1.54) is 0 Å². The van der Waals surface area contributed by atoms with Crippen molar-refractivity contribution in [3.05, 3.63) is 72.3 Å². The van der Waals surface area contributed by atoms with Gasteiger partial charge in [0.15, 0.2) is 5.15 Å². The summed E-state index contributed by atoms with van der Waals surface area (Å²) < 4.78 is 1.99. The predicted molar refractivity (Wildman–Crippen MR) is 87.7 cm³/mol. The molecule has 3 aromatic rings. The molecule has 0 unspecified atom stereocenters. The van der Waals surface area contributed by atoms with E-state index < -0.39 is 0 Å². The van der Waals surface area contributed by atoms with Crippen LogP contribution in [0, 0.1) is 0 Å². The second kappa shape index (κ2) is 6.32. The molecule has 2 heterocycles. The second-order valence-corrected chi connectivity index (χ2v) is 4.92. The van der Waals surface area contributed by atoms with E-state index in [1.54, 1.807) is 18.3 Å². The van der Waals surface area contributed by atoms with Gasteiger partial charge in [0.05, 0.1) is 5.69 Å². The van der Waals surface area contributed by atoms with Crippen LogP contribution in [0.15, 0.2) is 67.1 Å². The monoisotopic (exact) mass is 312 g/mol. The van der Waals surface area contributed by atoms with Gasteiger partial charge in [0.1, 0.15) is 0 Å². The van der Waals surface area contributed by atoms with Gasteiger partial charge >= 0.3 is 6.03 Å². The van der Waals surface area contributed by atoms with Crippen LogP contribution in [0.2, 0.25) is 5.15 Å². The van der Waals surface area contributed by atoms with E-state index in [0.717, 1.165) is 5.69 Å². The van der Waals surface area contributed by atoms with Crippen molar-refractivity contribution in [2.24, 2.45) is 0 Å². The molecule has 0 spiro atoms. The molecule has 2 amide bonds. The first-order valence-corrected chi connectivity index (χ1v) is 7.02. The maximum atomic E-state index is 11.9. The first-order chi connectivity index (χ1) is 10.7. The number of hydrogen-bond donors (Lipinski definition) is 2. The number of carbonyl (C=O) groups is 1. The maximum absolute atomic E-state index is 11.9. The Morgan fingerprint density at radius 2 is 1.73 bits per heavy atom. The standard InChI is InChI=1S/C16H13ClN4O/c17-15-14(4-3-9-18-15)20-16(22)19-12-5-7-13(8-6-12)21-10-1-2-11-21/h1-11H,(H2,19,20,22). The number of anilines is 2. The normalized spacial score (nSPS) is 10.2. The lowest BCUT2D eigenvalue weighted by Crippen LogP contribution is -2.19. The number of urea groups is 1. The SMILES string of the molecule is O=C(Nc1ccc(-n2cccc2)cc1)Nc1cccnc1Cl. The number of aromatic nitrogens is 2. The van der Waals surface area contributed by atoms with Crippen molar-refractivity contribution in [3.8, 4) is 5.69 Å². The van der Waals surface area contributed by atoms with Gasteiger partial charge in [-0.1, -0.05) is 11.6 Å². The minimum Gasteiger partial charge on any atom is -0.324 e. The molecule has 0 radical (unpaired) electrons. The average molecular weight is 313 g/mol. The third-order valence-corrected chi connectivity index (χ3v) is 3.34. The van der Waals surface area contributed by atoms with Crippen molar-refractivity contribution in [2.75, 3.05) is 10.6 Å². The van der Waals surface area contributed by atoms with Gasteiger partial charge < -0.3 is 15.2 Å². The highest BCUT2D eigenvalue weighted by atomic mass is 35.5. The van der Waals surface area contributed by atoms with Crippen molar-refractivity contribution in [1.82, 2.24) is 9.55 Å². The smallest absolute Gasteiger partial charge is 0.323 e. The van der Waals surface area contributed by atoms with Gasteiger partial charge in [0.25, 0.3) is 0 Å². The topological polar surface area (TPSA) is 59.0 Å². The van der Waals surface area contributed by atoms with Crippen LogP contribution in [0.3, 0.4) is 0 Å². The molecule has 0 aliphatic carbocycles. The summed E-state index contributed by atoms with van der Waals surface area (Å²) in [5.41, 5.74) is 2.17. The Balaban J connectivity index is 1.66. The van der Waals surface area contributed by atoms with Gasteiger partial charge in [-0.15, -0.1) is 0 Å². The summed E-state index contributed by atoms with van der Waals surface area (Å²) >= 11 is 5.89. The quantitative estimate of drug-likeness (QED) is 0.713. The first-order valence-electron chi connectivity index (χ1n) is 6.64. The summed E-state index contributed by atoms with van der Waals surface area (Å²) in [4.78, 5) is 15.8. The number of benzene rings is 1. The van der Waals surface area contributed by atoms with E-state index in [0.29, 0.717) is 11.4 Å². The van der Waals surface area contributed by atoms with Crippen LogP contribution < -0.4 is 10.6 Å². The van der Waals surface area contributed by atoms with Crippen LogP contribution in [-0.4, -0.2) is 15.6 Å². The summed E-state index contributed by atoms with van der Waals surface area (Å²) in [5.74, 6) is 0. The fourth-order valence-corrected chi connectivity index (χ4v) is 2.15. The fraction of sp³-hybridized carbons (Fsp3) is 0. The number of carbonyl (C=O) groups excluding carboxylic acids is 1. The molecule has 2 N–H and O–H groups in total. The Kier molecular flexibility index (Phi) is 4.07. The summed E-state index contributed by atoms with van der Waals surface area (Å²) in [7, 11) is 0. The van der Waals surface area contributed by atoms with Crippen molar-refractivity contribution >= 4 is 29.0 Å². The van der Waals surface area contributed by atoms with Crippen molar-refractivity contribution in [2.45, 2.75) is 0 Å². The molecule has 0 aliphatic heterocycles. The third kappa shape index (κ3) is 3.27. The van der Waals surface area contributed by atoms with Gasteiger partial charge in [0.2, 0.25) is 0 Å². The third-order valence-electron chi connectivity index (χ3n) is 3.04. The Morgan fingerprint density at radius 3 is 2.41 bits per heavy atom. The van der Waals surface area contributed by atoms with Crippen molar-refractivity contribution in [1.29, 1.82) is 0 Å². The lowest BCUT2D eigenvalue weighted by Gasteiger charge is -2.09. The van der Waals surface area contributed by atoms with Gasteiger partial charge in [-0.3, -0.25) is 0 Å². The molecule has 0 saturated carbocycles. The Hall–Kier alpha value is -2.79. The van der Waals surface area contributed by atoms with Gasteiger partial charge in [-0.2, -0.15) is 0 Å². The molecule has 3 rings (SSSR count). The molecule has 1 aromatic carbocycles. The lowest BCUT2D eigenvalue weighted by molar-refractivity contribution is 0.262. The average Bonchev–Trinajstić information content (AvgIpc) is 3.05. The lowest BCUT2D eigenvalue weighted by atomic mass is 10.3. The highest BCUT2D eigenvalue weighted by Crippen LogP contribution is 2.18. The van der Waals surface area contributed by atoms with Gasteiger partial charge in [0, 0.05) is 30.0 Å². The summed E-state index contributed by atoms with van der Waals surface area (Å²) in [6.07, 6.45) is 5.48. The Labute approximate surface area is 132 Å². The minimum atomic E-state index is -0.372. The number of rotatable bonds is 3. The van der Waals surface area contributed by atoms with Crippen molar-refractivity contribution < 1.29 is 4.79 Å². The highest BCUT2D eigenvalue weighted by molar-refractivity contribution is 6.32.